The van der Waals surface area contributed by atoms with Crippen molar-refractivity contribution in [2.75, 3.05) is 25.0 Å². The Hall–Kier alpha value is -2.49. The topological polar surface area (TPSA) is 87.7 Å². The first-order valence-corrected chi connectivity index (χ1v) is 13.8. The maximum absolute atomic E-state index is 12.8. The molecule has 0 aliphatic carbocycles. The molecular weight excluding hydrogens is 482 g/mol. The van der Waals surface area contributed by atoms with Crippen LogP contribution in [0.2, 0.25) is 0 Å². The van der Waals surface area contributed by atoms with Gasteiger partial charge in [0.25, 0.3) is 0 Å². The highest BCUT2D eigenvalue weighted by atomic mass is 32.2. The van der Waals surface area contributed by atoms with Gasteiger partial charge in [-0.25, -0.2) is 8.42 Å². The monoisotopic (exact) mass is 517 g/mol. The van der Waals surface area contributed by atoms with Crippen LogP contribution >= 0.6 is 12.2 Å². The van der Waals surface area contributed by atoms with Gasteiger partial charge < -0.3 is 15.4 Å². The quantitative estimate of drug-likeness (QED) is 0.367. The molecule has 0 aromatic heterocycles. The number of nitrogens with one attached hydrogen (secondary N) is 2. The van der Waals surface area contributed by atoms with Crippen LogP contribution < -0.4 is 15.4 Å². The fourth-order valence-electron chi connectivity index (χ4n) is 3.90. The van der Waals surface area contributed by atoms with Gasteiger partial charge in [-0.05, 0) is 93.2 Å². The first-order valence-electron chi connectivity index (χ1n) is 11.9. The zero-order valence-electron chi connectivity index (χ0n) is 20.9. The molecule has 190 valence electrons. The van der Waals surface area contributed by atoms with Crippen molar-refractivity contribution in [1.29, 1.82) is 0 Å². The molecule has 9 heteroatoms. The number of ether oxygens (including phenoxy) is 1. The summed E-state index contributed by atoms with van der Waals surface area (Å²) in [5.74, 6) is 0.687. The first kappa shape index (κ1) is 27.1. The van der Waals surface area contributed by atoms with E-state index in [-0.39, 0.29) is 15.9 Å². The minimum atomic E-state index is -3.46. The van der Waals surface area contributed by atoms with Crippen LogP contribution in [0.15, 0.2) is 47.4 Å². The Bertz CT molecular complexity index is 1160. The fourth-order valence-corrected chi connectivity index (χ4v) is 5.62. The molecule has 2 N–H and O–H groups in total. The number of rotatable bonds is 9. The molecule has 1 saturated heterocycles. The van der Waals surface area contributed by atoms with Crippen molar-refractivity contribution < 1.29 is 17.9 Å². The van der Waals surface area contributed by atoms with Gasteiger partial charge in [-0.15, -0.1) is 0 Å². The third kappa shape index (κ3) is 7.25. The first-order chi connectivity index (χ1) is 16.5. The summed E-state index contributed by atoms with van der Waals surface area (Å²) in [6.07, 6.45) is 3.14. The highest BCUT2D eigenvalue weighted by Crippen LogP contribution is 2.25. The van der Waals surface area contributed by atoms with Crippen LogP contribution in [-0.2, 0) is 14.8 Å². The second-order valence-electron chi connectivity index (χ2n) is 9.65. The molecule has 1 aliphatic rings. The summed E-state index contributed by atoms with van der Waals surface area (Å²) in [6, 6.07) is 12.5. The van der Waals surface area contributed by atoms with Gasteiger partial charge in [0.1, 0.15) is 5.75 Å². The van der Waals surface area contributed by atoms with Gasteiger partial charge in [-0.1, -0.05) is 26.0 Å². The van der Waals surface area contributed by atoms with Crippen molar-refractivity contribution in [2.24, 2.45) is 5.41 Å². The van der Waals surface area contributed by atoms with E-state index in [0.717, 1.165) is 36.1 Å². The lowest BCUT2D eigenvalue weighted by molar-refractivity contribution is -0.128. The number of benzene rings is 2. The van der Waals surface area contributed by atoms with Crippen molar-refractivity contribution in [2.45, 2.75) is 58.3 Å². The molecule has 3 rings (SSSR count). The van der Waals surface area contributed by atoms with Crippen molar-refractivity contribution >= 4 is 38.9 Å². The van der Waals surface area contributed by atoms with Crippen molar-refractivity contribution in [3.05, 3.63) is 53.6 Å². The lowest BCUT2D eigenvalue weighted by Gasteiger charge is -2.24. The highest BCUT2D eigenvalue weighted by Gasteiger charge is 2.28. The van der Waals surface area contributed by atoms with Gasteiger partial charge in [0.15, 0.2) is 5.11 Å². The largest absolute Gasteiger partial charge is 0.493 e. The smallest absolute Gasteiger partial charge is 0.243 e. The predicted molar refractivity (Wildman–Crippen MR) is 143 cm³/mol. The van der Waals surface area contributed by atoms with Crippen molar-refractivity contribution in [1.82, 2.24) is 9.62 Å². The Morgan fingerprint density at radius 3 is 2.40 bits per heavy atom. The van der Waals surface area contributed by atoms with E-state index in [4.69, 9.17) is 17.0 Å². The number of carbonyl (C=O) groups excluding carboxylic acids is 1. The van der Waals surface area contributed by atoms with Gasteiger partial charge in [0.05, 0.1) is 11.5 Å². The summed E-state index contributed by atoms with van der Waals surface area (Å²) in [7, 11) is -3.46. The molecule has 1 aliphatic heterocycles. The molecule has 0 spiro atoms. The molecule has 0 radical (unpaired) electrons. The van der Waals surface area contributed by atoms with Crippen LogP contribution in [0.4, 0.5) is 5.69 Å². The number of amides is 1. The third-order valence-corrected chi connectivity index (χ3v) is 8.32. The van der Waals surface area contributed by atoms with E-state index in [9.17, 15) is 13.2 Å². The number of aryl methyl sites for hydroxylation is 2. The average molecular weight is 518 g/mol. The summed E-state index contributed by atoms with van der Waals surface area (Å²) in [6.45, 7) is 9.44. The van der Waals surface area contributed by atoms with E-state index >= 15 is 0 Å². The Kier molecular flexibility index (Phi) is 8.90. The predicted octanol–water partition coefficient (Wildman–Crippen LogP) is 4.79. The summed E-state index contributed by atoms with van der Waals surface area (Å²) in [5, 5.41) is 5.88. The summed E-state index contributed by atoms with van der Waals surface area (Å²) < 4.78 is 32.7. The number of anilines is 1. The Labute approximate surface area is 214 Å². The molecule has 0 atom stereocenters. The number of hydrogen-bond donors (Lipinski definition) is 2. The molecule has 1 fully saturated rings. The Morgan fingerprint density at radius 1 is 1.09 bits per heavy atom. The summed E-state index contributed by atoms with van der Waals surface area (Å²) in [4.78, 5) is 13.1. The highest BCUT2D eigenvalue weighted by molar-refractivity contribution is 7.89. The lowest BCUT2D eigenvalue weighted by Crippen LogP contribution is -2.42. The number of sulfonamides is 1. The van der Waals surface area contributed by atoms with E-state index in [2.05, 4.69) is 16.7 Å². The minimum absolute atomic E-state index is 0.171. The number of thiocarbonyl (C=S) groups is 1. The van der Waals surface area contributed by atoms with Gasteiger partial charge in [-0.2, -0.15) is 4.31 Å². The molecule has 0 saturated carbocycles. The second-order valence-corrected chi connectivity index (χ2v) is 12.0. The summed E-state index contributed by atoms with van der Waals surface area (Å²) >= 11 is 5.31. The van der Waals surface area contributed by atoms with E-state index in [0.29, 0.717) is 31.8 Å². The number of hydrogen-bond acceptors (Lipinski definition) is 5. The van der Waals surface area contributed by atoms with Crippen LogP contribution in [0, 0.1) is 19.3 Å². The normalized spacial score (nSPS) is 14.5. The maximum Gasteiger partial charge on any atom is 0.243 e. The molecule has 1 heterocycles. The SMILES string of the molecule is Cc1ccc(C)c(OCCCC(C)(C)C(=O)NC(=S)Nc2ccc(S(=O)(=O)N3CCCC3)cc2)c1. The zero-order chi connectivity index (χ0) is 25.6. The van der Waals surface area contributed by atoms with Crippen LogP contribution in [0.1, 0.15) is 50.7 Å². The Morgan fingerprint density at radius 2 is 1.74 bits per heavy atom. The molecule has 0 bridgehead atoms. The molecular formula is C26H35N3O4S2. The van der Waals surface area contributed by atoms with Gasteiger partial charge >= 0.3 is 0 Å². The number of carbonyl (C=O) groups is 1. The van der Waals surface area contributed by atoms with Crippen molar-refractivity contribution in [3.63, 3.8) is 0 Å². The van der Waals surface area contributed by atoms with Gasteiger partial charge in [-0.3, -0.25) is 4.79 Å². The summed E-state index contributed by atoms with van der Waals surface area (Å²) in [5.41, 5.74) is 2.21. The Balaban J connectivity index is 1.47. The molecule has 2 aromatic carbocycles. The van der Waals surface area contributed by atoms with Crippen LogP contribution in [0.25, 0.3) is 0 Å². The van der Waals surface area contributed by atoms with Crippen LogP contribution in [-0.4, -0.2) is 43.4 Å². The van der Waals surface area contributed by atoms with Crippen LogP contribution in [0.3, 0.4) is 0 Å². The minimum Gasteiger partial charge on any atom is -0.493 e. The molecule has 2 aromatic rings. The van der Waals surface area contributed by atoms with E-state index in [1.807, 2.05) is 39.8 Å². The number of nitrogens with zero attached hydrogens (tertiary/aromatic N) is 1. The standard InChI is InChI=1S/C26H35N3O4S2/c1-19-8-9-20(2)23(18-19)33-17-7-14-26(3,4)24(30)28-25(34)27-21-10-12-22(13-11-21)35(31,32)29-15-5-6-16-29/h8-13,18H,5-7,14-17H2,1-4H3,(H2,27,28,30,34). The van der Waals surface area contributed by atoms with E-state index in [1.165, 1.54) is 4.31 Å². The maximum atomic E-state index is 12.8. The third-order valence-electron chi connectivity index (χ3n) is 6.20. The second kappa shape index (κ2) is 11.5. The van der Waals surface area contributed by atoms with E-state index < -0.39 is 15.4 Å². The fraction of sp³-hybridized carbons (Fsp3) is 0.462. The molecule has 0 unspecified atom stereocenters. The average Bonchev–Trinajstić information content (AvgIpc) is 3.35. The van der Waals surface area contributed by atoms with Gasteiger partial charge in [0, 0.05) is 24.2 Å². The zero-order valence-corrected chi connectivity index (χ0v) is 22.5. The van der Waals surface area contributed by atoms with Gasteiger partial charge in [0.2, 0.25) is 15.9 Å². The van der Waals surface area contributed by atoms with Crippen LogP contribution in [0.5, 0.6) is 5.75 Å². The molecule has 1 amide bonds. The van der Waals surface area contributed by atoms with Crippen molar-refractivity contribution in [3.8, 4) is 5.75 Å². The van der Waals surface area contributed by atoms with E-state index in [1.54, 1.807) is 24.3 Å². The molecule has 35 heavy (non-hydrogen) atoms. The lowest BCUT2D eigenvalue weighted by atomic mass is 9.87. The molecule has 7 nitrogen and oxygen atoms in total.